The molecule has 1 aromatic rings. The van der Waals surface area contributed by atoms with Gasteiger partial charge in [-0.25, -0.2) is 0 Å². The third-order valence-electron chi connectivity index (χ3n) is 4.32. The molecule has 5 heteroatoms. The fourth-order valence-corrected chi connectivity index (χ4v) is 3.01. The number of piperidine rings is 1. The summed E-state index contributed by atoms with van der Waals surface area (Å²) in [5.74, 6) is 0.463. The molecule has 114 valence electrons. The normalized spacial score (nSPS) is 23.1. The topological polar surface area (TPSA) is 63.2 Å². The highest BCUT2D eigenvalue weighted by Gasteiger charge is 2.18. The van der Waals surface area contributed by atoms with Crippen LogP contribution in [0.1, 0.15) is 47.7 Å². The fraction of sp³-hybridized carbons (Fsp3) is 0.625. The van der Waals surface area contributed by atoms with Crippen LogP contribution in [0.2, 0.25) is 0 Å². The number of pyridine rings is 1. The number of nitrogens with zero attached hydrogens (tertiary/aromatic N) is 1. The molecule has 0 aliphatic carbocycles. The molecule has 1 amide bonds. The van der Waals surface area contributed by atoms with Crippen LogP contribution in [0.25, 0.3) is 0 Å². The molecule has 0 spiro atoms. The molecule has 2 saturated heterocycles. The summed E-state index contributed by atoms with van der Waals surface area (Å²) in [6, 6.07) is 3.88. The van der Waals surface area contributed by atoms with Crippen LogP contribution in [-0.4, -0.2) is 43.2 Å². The number of hydrogen-bond acceptors (Lipinski definition) is 4. The van der Waals surface area contributed by atoms with Crippen molar-refractivity contribution in [1.82, 2.24) is 15.6 Å². The van der Waals surface area contributed by atoms with Crippen molar-refractivity contribution in [2.24, 2.45) is 0 Å². The summed E-state index contributed by atoms with van der Waals surface area (Å²) < 4.78 is 5.50. The van der Waals surface area contributed by atoms with Crippen LogP contribution in [0.5, 0.6) is 0 Å². The Hall–Kier alpha value is -1.46. The van der Waals surface area contributed by atoms with Gasteiger partial charge >= 0.3 is 0 Å². The maximum absolute atomic E-state index is 12.1. The van der Waals surface area contributed by atoms with E-state index in [1.807, 2.05) is 12.1 Å². The molecule has 1 atom stereocenters. The predicted octanol–water partition coefficient (Wildman–Crippen LogP) is 1.46. The highest BCUT2D eigenvalue weighted by atomic mass is 16.5. The number of amides is 1. The van der Waals surface area contributed by atoms with Crippen LogP contribution in [0.15, 0.2) is 18.3 Å². The summed E-state index contributed by atoms with van der Waals surface area (Å²) in [7, 11) is 0. The van der Waals surface area contributed by atoms with E-state index >= 15 is 0 Å². The van der Waals surface area contributed by atoms with Crippen LogP contribution in [0.3, 0.4) is 0 Å². The van der Waals surface area contributed by atoms with E-state index in [0.29, 0.717) is 18.0 Å². The van der Waals surface area contributed by atoms with E-state index in [0.717, 1.165) is 51.1 Å². The average Bonchev–Trinajstić information content (AvgIpc) is 3.07. The molecule has 1 aromatic heterocycles. The molecular weight excluding hydrogens is 266 g/mol. The maximum Gasteiger partial charge on any atom is 0.252 e. The largest absolute Gasteiger partial charge is 0.376 e. The van der Waals surface area contributed by atoms with Gasteiger partial charge in [-0.3, -0.25) is 9.78 Å². The van der Waals surface area contributed by atoms with Crippen molar-refractivity contribution in [3.63, 3.8) is 0 Å². The lowest BCUT2D eigenvalue weighted by molar-refractivity contribution is 0.0857. The van der Waals surface area contributed by atoms with Crippen molar-refractivity contribution < 1.29 is 9.53 Å². The van der Waals surface area contributed by atoms with Gasteiger partial charge in [-0.05, 0) is 50.9 Å². The summed E-state index contributed by atoms with van der Waals surface area (Å²) in [5, 5.41) is 6.28. The Morgan fingerprint density at radius 3 is 2.86 bits per heavy atom. The van der Waals surface area contributed by atoms with Crippen LogP contribution in [-0.2, 0) is 4.74 Å². The van der Waals surface area contributed by atoms with Crippen molar-refractivity contribution in [2.75, 3.05) is 26.2 Å². The SMILES string of the molecule is O=C(NC[C@@H]1CCCO1)c1ccc(C2CCNCC2)nc1. The Bertz CT molecular complexity index is 463. The predicted molar refractivity (Wildman–Crippen MR) is 80.4 cm³/mol. The molecule has 2 aliphatic heterocycles. The molecule has 3 rings (SSSR count). The number of aromatic nitrogens is 1. The average molecular weight is 289 g/mol. The Labute approximate surface area is 125 Å². The molecule has 0 aromatic carbocycles. The lowest BCUT2D eigenvalue weighted by Crippen LogP contribution is -2.32. The number of rotatable bonds is 4. The summed E-state index contributed by atoms with van der Waals surface area (Å²) in [5.41, 5.74) is 1.73. The van der Waals surface area contributed by atoms with Gasteiger partial charge in [0.05, 0.1) is 11.7 Å². The van der Waals surface area contributed by atoms with Crippen LogP contribution in [0.4, 0.5) is 0 Å². The zero-order chi connectivity index (χ0) is 14.5. The molecule has 0 saturated carbocycles. The standard InChI is InChI=1S/C16H23N3O2/c20-16(19-11-14-2-1-9-21-14)13-3-4-15(18-10-13)12-5-7-17-8-6-12/h3-4,10,12,14,17H,1-2,5-9,11H2,(H,19,20)/t14-/m0/s1. The quantitative estimate of drug-likeness (QED) is 0.881. The summed E-state index contributed by atoms with van der Waals surface area (Å²) in [6.45, 7) is 3.51. The van der Waals surface area contributed by atoms with Gasteiger partial charge in [0, 0.05) is 31.0 Å². The lowest BCUT2D eigenvalue weighted by Gasteiger charge is -2.22. The van der Waals surface area contributed by atoms with Crippen molar-refractivity contribution >= 4 is 5.91 Å². The summed E-state index contributed by atoms with van der Waals surface area (Å²) >= 11 is 0. The zero-order valence-electron chi connectivity index (χ0n) is 12.3. The Balaban J connectivity index is 1.54. The fourth-order valence-electron chi connectivity index (χ4n) is 3.01. The first-order valence-corrected chi connectivity index (χ1v) is 7.89. The Morgan fingerprint density at radius 2 is 2.19 bits per heavy atom. The Kier molecular flexibility index (Phi) is 4.83. The maximum atomic E-state index is 12.1. The van der Waals surface area contributed by atoms with Crippen molar-refractivity contribution in [1.29, 1.82) is 0 Å². The van der Waals surface area contributed by atoms with Gasteiger partial charge in [-0.2, -0.15) is 0 Å². The molecule has 2 fully saturated rings. The number of nitrogens with one attached hydrogen (secondary N) is 2. The van der Waals surface area contributed by atoms with Crippen molar-refractivity contribution in [2.45, 2.75) is 37.7 Å². The zero-order valence-corrected chi connectivity index (χ0v) is 12.3. The van der Waals surface area contributed by atoms with E-state index in [9.17, 15) is 4.79 Å². The molecule has 0 bridgehead atoms. The minimum atomic E-state index is -0.0603. The van der Waals surface area contributed by atoms with E-state index in [-0.39, 0.29) is 12.0 Å². The first-order valence-electron chi connectivity index (χ1n) is 7.89. The van der Waals surface area contributed by atoms with E-state index in [2.05, 4.69) is 15.6 Å². The molecular formula is C16H23N3O2. The van der Waals surface area contributed by atoms with E-state index in [4.69, 9.17) is 4.74 Å². The van der Waals surface area contributed by atoms with Gasteiger partial charge in [0.15, 0.2) is 0 Å². The molecule has 21 heavy (non-hydrogen) atoms. The third-order valence-corrected chi connectivity index (χ3v) is 4.32. The van der Waals surface area contributed by atoms with Crippen LogP contribution in [0, 0.1) is 0 Å². The van der Waals surface area contributed by atoms with Gasteiger partial charge in [0.2, 0.25) is 0 Å². The second kappa shape index (κ2) is 7.00. The highest BCUT2D eigenvalue weighted by Crippen LogP contribution is 2.23. The highest BCUT2D eigenvalue weighted by molar-refractivity contribution is 5.93. The number of hydrogen-bond donors (Lipinski definition) is 2. The van der Waals surface area contributed by atoms with Gasteiger partial charge in [0.1, 0.15) is 0 Å². The first-order chi connectivity index (χ1) is 10.3. The smallest absolute Gasteiger partial charge is 0.252 e. The molecule has 5 nitrogen and oxygen atoms in total. The second-order valence-corrected chi connectivity index (χ2v) is 5.84. The van der Waals surface area contributed by atoms with Gasteiger partial charge in [0.25, 0.3) is 5.91 Å². The molecule has 3 heterocycles. The lowest BCUT2D eigenvalue weighted by atomic mass is 9.94. The third kappa shape index (κ3) is 3.80. The number of carbonyl (C=O) groups excluding carboxylic acids is 1. The molecule has 2 N–H and O–H groups in total. The van der Waals surface area contributed by atoms with Crippen LogP contribution >= 0.6 is 0 Å². The first kappa shape index (κ1) is 14.5. The monoisotopic (exact) mass is 289 g/mol. The summed E-state index contributed by atoms with van der Waals surface area (Å²) in [4.78, 5) is 16.6. The number of carbonyl (C=O) groups is 1. The van der Waals surface area contributed by atoms with Crippen molar-refractivity contribution in [3.05, 3.63) is 29.6 Å². The molecule has 2 aliphatic rings. The van der Waals surface area contributed by atoms with Gasteiger partial charge < -0.3 is 15.4 Å². The van der Waals surface area contributed by atoms with Gasteiger partial charge in [-0.15, -0.1) is 0 Å². The number of ether oxygens (including phenoxy) is 1. The second-order valence-electron chi connectivity index (χ2n) is 5.84. The van der Waals surface area contributed by atoms with E-state index in [1.165, 1.54) is 0 Å². The summed E-state index contributed by atoms with van der Waals surface area (Å²) in [6.07, 6.45) is 6.24. The van der Waals surface area contributed by atoms with E-state index in [1.54, 1.807) is 6.20 Å². The molecule has 0 unspecified atom stereocenters. The minimum absolute atomic E-state index is 0.0603. The van der Waals surface area contributed by atoms with Crippen LogP contribution < -0.4 is 10.6 Å². The minimum Gasteiger partial charge on any atom is -0.376 e. The molecule has 0 radical (unpaired) electrons. The van der Waals surface area contributed by atoms with E-state index < -0.39 is 0 Å². The van der Waals surface area contributed by atoms with Crippen molar-refractivity contribution in [3.8, 4) is 0 Å². The Morgan fingerprint density at radius 1 is 1.33 bits per heavy atom. The van der Waals surface area contributed by atoms with Gasteiger partial charge in [-0.1, -0.05) is 0 Å².